The van der Waals surface area contributed by atoms with E-state index < -0.39 is 5.60 Å². The molecular weight excluding hydrogens is 184 g/mol. The van der Waals surface area contributed by atoms with Crippen LogP contribution in [0.25, 0.3) is 0 Å². The molecule has 0 unspecified atom stereocenters. The molecule has 15 heavy (non-hydrogen) atoms. The lowest BCUT2D eigenvalue weighted by Crippen LogP contribution is -2.31. The average Bonchev–Trinajstić information content (AvgIpc) is 2.17. The SMILES string of the molecule is Cc1cccc([C@]2(O)CCC[C@H](C)C2)c1. The minimum absolute atomic E-state index is 0.566. The molecule has 1 aliphatic rings. The predicted molar refractivity (Wildman–Crippen MR) is 62.7 cm³/mol. The summed E-state index contributed by atoms with van der Waals surface area (Å²) in [7, 11) is 0. The van der Waals surface area contributed by atoms with Gasteiger partial charge in [-0.2, -0.15) is 0 Å². The maximum absolute atomic E-state index is 10.6. The standard InChI is InChI=1S/C14H20O/c1-11-5-3-7-13(9-11)14(15)8-4-6-12(2)10-14/h3,5,7,9,12,15H,4,6,8,10H2,1-2H3/t12-,14-/m0/s1. The Labute approximate surface area is 92.1 Å². The number of rotatable bonds is 1. The Kier molecular flexibility index (Phi) is 2.83. The monoisotopic (exact) mass is 204 g/mol. The molecule has 2 atom stereocenters. The van der Waals surface area contributed by atoms with Crippen LogP contribution in [0.3, 0.4) is 0 Å². The summed E-state index contributed by atoms with van der Waals surface area (Å²) in [6.45, 7) is 4.32. The quantitative estimate of drug-likeness (QED) is 0.743. The Hall–Kier alpha value is -0.820. The molecule has 1 aromatic rings. The van der Waals surface area contributed by atoms with Gasteiger partial charge in [-0.3, -0.25) is 0 Å². The number of benzene rings is 1. The summed E-state index contributed by atoms with van der Waals surface area (Å²) in [6, 6.07) is 8.31. The van der Waals surface area contributed by atoms with Crippen molar-refractivity contribution in [3.05, 3.63) is 35.4 Å². The van der Waals surface area contributed by atoms with Gasteiger partial charge >= 0.3 is 0 Å². The molecule has 1 N–H and O–H groups in total. The van der Waals surface area contributed by atoms with Crippen molar-refractivity contribution in [2.75, 3.05) is 0 Å². The van der Waals surface area contributed by atoms with Crippen molar-refractivity contribution in [1.29, 1.82) is 0 Å². The third-order valence-electron chi connectivity index (χ3n) is 3.53. The fourth-order valence-corrected chi connectivity index (χ4v) is 2.72. The first-order chi connectivity index (χ1) is 7.10. The number of aryl methyl sites for hydroxylation is 1. The summed E-state index contributed by atoms with van der Waals surface area (Å²) in [5.74, 6) is 0.643. The van der Waals surface area contributed by atoms with Gasteiger partial charge in [-0.15, -0.1) is 0 Å². The Morgan fingerprint density at radius 2 is 2.20 bits per heavy atom. The molecule has 0 spiro atoms. The number of aliphatic hydroxyl groups is 1. The van der Waals surface area contributed by atoms with Gasteiger partial charge in [-0.25, -0.2) is 0 Å². The van der Waals surface area contributed by atoms with Gasteiger partial charge in [0.25, 0.3) is 0 Å². The van der Waals surface area contributed by atoms with Crippen molar-refractivity contribution in [2.24, 2.45) is 5.92 Å². The molecule has 0 bridgehead atoms. The van der Waals surface area contributed by atoms with E-state index in [1.807, 2.05) is 6.07 Å². The normalized spacial score (nSPS) is 31.5. The second kappa shape index (κ2) is 3.97. The Morgan fingerprint density at radius 3 is 2.87 bits per heavy atom. The Bertz CT molecular complexity index is 345. The molecule has 1 aromatic carbocycles. The molecule has 1 saturated carbocycles. The van der Waals surface area contributed by atoms with E-state index in [1.165, 1.54) is 12.0 Å². The Balaban J connectivity index is 2.28. The van der Waals surface area contributed by atoms with E-state index in [0.717, 1.165) is 24.8 Å². The van der Waals surface area contributed by atoms with Gasteiger partial charge in [0.2, 0.25) is 0 Å². The van der Waals surface area contributed by atoms with E-state index in [9.17, 15) is 5.11 Å². The molecular formula is C14H20O. The van der Waals surface area contributed by atoms with Crippen molar-refractivity contribution < 1.29 is 5.11 Å². The van der Waals surface area contributed by atoms with Gasteiger partial charge in [-0.05, 0) is 37.7 Å². The van der Waals surface area contributed by atoms with Gasteiger partial charge in [0, 0.05) is 0 Å². The van der Waals surface area contributed by atoms with Gasteiger partial charge in [0.15, 0.2) is 0 Å². The minimum atomic E-state index is -0.566. The van der Waals surface area contributed by atoms with Gasteiger partial charge in [-0.1, -0.05) is 43.2 Å². The first kappa shape index (κ1) is 10.7. The average molecular weight is 204 g/mol. The van der Waals surface area contributed by atoms with E-state index in [4.69, 9.17) is 0 Å². The van der Waals surface area contributed by atoms with Crippen LogP contribution >= 0.6 is 0 Å². The molecule has 0 heterocycles. The van der Waals surface area contributed by atoms with Crippen molar-refractivity contribution in [3.8, 4) is 0 Å². The second-order valence-corrected chi connectivity index (χ2v) is 5.10. The van der Waals surface area contributed by atoms with Crippen LogP contribution < -0.4 is 0 Å². The lowest BCUT2D eigenvalue weighted by molar-refractivity contribution is -0.0179. The van der Waals surface area contributed by atoms with Crippen molar-refractivity contribution in [2.45, 2.75) is 45.1 Å². The van der Waals surface area contributed by atoms with E-state index in [0.29, 0.717) is 5.92 Å². The molecule has 2 rings (SSSR count). The van der Waals surface area contributed by atoms with Crippen molar-refractivity contribution in [3.63, 3.8) is 0 Å². The van der Waals surface area contributed by atoms with Crippen LogP contribution in [0.2, 0.25) is 0 Å². The van der Waals surface area contributed by atoms with Crippen LogP contribution in [-0.2, 0) is 5.60 Å². The summed E-state index contributed by atoms with van der Waals surface area (Å²) < 4.78 is 0. The molecule has 0 saturated heterocycles. The van der Waals surface area contributed by atoms with Crippen LogP contribution in [0.5, 0.6) is 0 Å². The zero-order valence-corrected chi connectivity index (χ0v) is 9.66. The third kappa shape index (κ3) is 2.23. The molecule has 1 nitrogen and oxygen atoms in total. The maximum Gasteiger partial charge on any atom is 0.0899 e. The fourth-order valence-electron chi connectivity index (χ4n) is 2.72. The van der Waals surface area contributed by atoms with Crippen LogP contribution in [0.1, 0.15) is 43.7 Å². The summed E-state index contributed by atoms with van der Waals surface area (Å²) in [5.41, 5.74) is 1.78. The predicted octanol–water partition coefficient (Wildman–Crippen LogP) is 3.39. The summed E-state index contributed by atoms with van der Waals surface area (Å²) >= 11 is 0. The van der Waals surface area contributed by atoms with Crippen molar-refractivity contribution in [1.82, 2.24) is 0 Å². The third-order valence-corrected chi connectivity index (χ3v) is 3.53. The highest BCUT2D eigenvalue weighted by atomic mass is 16.3. The Morgan fingerprint density at radius 1 is 1.40 bits per heavy atom. The molecule has 0 radical (unpaired) electrons. The first-order valence-corrected chi connectivity index (χ1v) is 5.90. The molecule has 0 aromatic heterocycles. The van der Waals surface area contributed by atoms with Gasteiger partial charge < -0.3 is 5.11 Å². The molecule has 1 fully saturated rings. The lowest BCUT2D eigenvalue weighted by Gasteiger charge is -2.36. The van der Waals surface area contributed by atoms with Crippen LogP contribution in [0.4, 0.5) is 0 Å². The highest BCUT2D eigenvalue weighted by molar-refractivity contribution is 5.27. The van der Waals surface area contributed by atoms with Gasteiger partial charge in [0.05, 0.1) is 5.60 Å². The van der Waals surface area contributed by atoms with E-state index in [2.05, 4.69) is 32.0 Å². The molecule has 82 valence electrons. The second-order valence-electron chi connectivity index (χ2n) is 5.10. The number of hydrogen-bond acceptors (Lipinski definition) is 1. The zero-order valence-electron chi connectivity index (χ0n) is 9.66. The smallest absolute Gasteiger partial charge is 0.0899 e. The van der Waals surface area contributed by atoms with Crippen LogP contribution in [-0.4, -0.2) is 5.11 Å². The molecule has 1 aliphatic carbocycles. The summed E-state index contributed by atoms with van der Waals surface area (Å²) in [5, 5.41) is 10.6. The topological polar surface area (TPSA) is 20.2 Å². The van der Waals surface area contributed by atoms with Crippen LogP contribution in [0, 0.1) is 12.8 Å². The highest BCUT2D eigenvalue weighted by Crippen LogP contribution is 2.39. The fraction of sp³-hybridized carbons (Fsp3) is 0.571. The molecule has 0 amide bonds. The minimum Gasteiger partial charge on any atom is -0.385 e. The molecule has 0 aliphatic heterocycles. The lowest BCUT2D eigenvalue weighted by atomic mass is 9.75. The van der Waals surface area contributed by atoms with Gasteiger partial charge in [0.1, 0.15) is 0 Å². The molecule has 1 heteroatoms. The number of hydrogen-bond donors (Lipinski definition) is 1. The van der Waals surface area contributed by atoms with E-state index in [-0.39, 0.29) is 0 Å². The largest absolute Gasteiger partial charge is 0.385 e. The zero-order chi connectivity index (χ0) is 10.9. The summed E-state index contributed by atoms with van der Waals surface area (Å²) in [4.78, 5) is 0. The first-order valence-electron chi connectivity index (χ1n) is 5.90. The van der Waals surface area contributed by atoms with E-state index in [1.54, 1.807) is 0 Å². The maximum atomic E-state index is 10.6. The van der Waals surface area contributed by atoms with Crippen LogP contribution in [0.15, 0.2) is 24.3 Å². The summed E-state index contributed by atoms with van der Waals surface area (Å²) in [6.07, 6.45) is 4.23. The van der Waals surface area contributed by atoms with Crippen molar-refractivity contribution >= 4 is 0 Å². The highest BCUT2D eigenvalue weighted by Gasteiger charge is 2.34. The van der Waals surface area contributed by atoms with E-state index >= 15 is 0 Å².